The fraction of sp³-hybridized carbons (Fsp3) is 0.545. The SMILES string of the molecule is CC(C)CCNC(=O)Cn1ccnc1C(N)=S. The van der Waals surface area contributed by atoms with E-state index in [9.17, 15) is 4.79 Å². The summed E-state index contributed by atoms with van der Waals surface area (Å²) >= 11 is 4.84. The minimum atomic E-state index is -0.0545. The molecule has 0 bridgehead atoms. The highest BCUT2D eigenvalue weighted by molar-refractivity contribution is 7.80. The Morgan fingerprint density at radius 3 is 2.94 bits per heavy atom. The van der Waals surface area contributed by atoms with Crippen LogP contribution in [-0.2, 0) is 11.3 Å². The zero-order valence-corrected chi connectivity index (χ0v) is 11.0. The molecule has 3 N–H and O–H groups in total. The molecule has 0 aliphatic rings. The molecule has 5 nitrogen and oxygen atoms in total. The Balaban J connectivity index is 2.45. The first-order valence-corrected chi connectivity index (χ1v) is 5.99. The monoisotopic (exact) mass is 254 g/mol. The number of carbonyl (C=O) groups is 1. The van der Waals surface area contributed by atoms with Gasteiger partial charge in [0, 0.05) is 18.9 Å². The van der Waals surface area contributed by atoms with Gasteiger partial charge in [0.05, 0.1) is 0 Å². The van der Waals surface area contributed by atoms with E-state index in [1.54, 1.807) is 17.0 Å². The zero-order chi connectivity index (χ0) is 12.8. The number of nitrogens with zero attached hydrogens (tertiary/aromatic N) is 2. The Morgan fingerprint density at radius 1 is 1.65 bits per heavy atom. The summed E-state index contributed by atoms with van der Waals surface area (Å²) in [6.45, 7) is 5.12. The van der Waals surface area contributed by atoms with Crippen molar-refractivity contribution in [3.63, 3.8) is 0 Å². The second kappa shape index (κ2) is 6.34. The van der Waals surface area contributed by atoms with Gasteiger partial charge >= 0.3 is 0 Å². The van der Waals surface area contributed by atoms with Gasteiger partial charge in [-0.25, -0.2) is 4.98 Å². The molecule has 0 fully saturated rings. The largest absolute Gasteiger partial charge is 0.387 e. The third kappa shape index (κ3) is 4.52. The number of carbonyl (C=O) groups excluding carboxylic acids is 1. The quantitative estimate of drug-likeness (QED) is 0.732. The number of thiocarbonyl (C=S) groups is 1. The Kier molecular flexibility index (Phi) is 5.09. The van der Waals surface area contributed by atoms with E-state index in [1.807, 2.05) is 0 Å². The van der Waals surface area contributed by atoms with Crippen LogP contribution < -0.4 is 11.1 Å². The highest BCUT2D eigenvalue weighted by Crippen LogP contribution is 1.98. The van der Waals surface area contributed by atoms with Gasteiger partial charge in [0.25, 0.3) is 0 Å². The molecule has 1 rings (SSSR count). The molecule has 1 amide bonds. The van der Waals surface area contributed by atoms with Gasteiger partial charge in [-0.3, -0.25) is 4.79 Å². The van der Waals surface area contributed by atoms with Gasteiger partial charge in [-0.2, -0.15) is 0 Å². The summed E-state index contributed by atoms with van der Waals surface area (Å²) < 4.78 is 1.65. The molecule has 0 saturated carbocycles. The molecule has 0 unspecified atom stereocenters. The highest BCUT2D eigenvalue weighted by Gasteiger charge is 2.09. The lowest BCUT2D eigenvalue weighted by molar-refractivity contribution is -0.121. The topological polar surface area (TPSA) is 72.9 Å². The molecule has 0 aromatic carbocycles. The van der Waals surface area contributed by atoms with Crippen LogP contribution in [0.1, 0.15) is 26.1 Å². The smallest absolute Gasteiger partial charge is 0.239 e. The van der Waals surface area contributed by atoms with Crippen molar-refractivity contribution in [1.29, 1.82) is 0 Å². The number of nitrogens with two attached hydrogens (primary N) is 1. The number of hydrogen-bond donors (Lipinski definition) is 2. The minimum absolute atomic E-state index is 0.0545. The third-order valence-corrected chi connectivity index (χ3v) is 2.48. The molecule has 1 heterocycles. The van der Waals surface area contributed by atoms with Crippen LogP contribution in [0.4, 0.5) is 0 Å². The maximum Gasteiger partial charge on any atom is 0.239 e. The Hall–Kier alpha value is -1.43. The normalized spacial score (nSPS) is 10.5. The lowest BCUT2D eigenvalue weighted by Gasteiger charge is -2.09. The molecule has 94 valence electrons. The van der Waals surface area contributed by atoms with E-state index in [1.165, 1.54) is 0 Å². The summed E-state index contributed by atoms with van der Waals surface area (Å²) in [4.78, 5) is 15.8. The molecule has 0 aliphatic carbocycles. The fourth-order valence-corrected chi connectivity index (χ4v) is 1.54. The van der Waals surface area contributed by atoms with Crippen molar-refractivity contribution in [3.8, 4) is 0 Å². The van der Waals surface area contributed by atoms with Gasteiger partial charge in [-0.05, 0) is 12.3 Å². The predicted octanol–water partition coefficient (Wildman–Crippen LogP) is 0.680. The standard InChI is InChI=1S/C11H18N4OS/c1-8(2)3-4-13-9(16)7-15-6-5-14-11(15)10(12)17/h5-6,8H,3-4,7H2,1-2H3,(H2,12,17)(H,13,16). The van der Waals surface area contributed by atoms with Crippen LogP contribution in [0.25, 0.3) is 0 Å². The van der Waals surface area contributed by atoms with Crippen LogP contribution >= 0.6 is 12.2 Å². The van der Waals surface area contributed by atoms with Gasteiger partial charge < -0.3 is 15.6 Å². The summed E-state index contributed by atoms with van der Waals surface area (Å²) in [5.74, 6) is 0.996. The minimum Gasteiger partial charge on any atom is -0.387 e. The van der Waals surface area contributed by atoms with Crippen molar-refractivity contribution < 1.29 is 4.79 Å². The first-order chi connectivity index (χ1) is 8.00. The number of aromatic nitrogens is 2. The van der Waals surface area contributed by atoms with Crippen LogP contribution in [0.5, 0.6) is 0 Å². The van der Waals surface area contributed by atoms with Crippen LogP contribution in [0, 0.1) is 5.92 Å². The van der Waals surface area contributed by atoms with Crippen LogP contribution in [0.2, 0.25) is 0 Å². The van der Waals surface area contributed by atoms with Crippen molar-refractivity contribution in [2.75, 3.05) is 6.54 Å². The summed E-state index contributed by atoms with van der Waals surface area (Å²) in [6, 6.07) is 0. The molecular formula is C11H18N4OS. The first kappa shape index (κ1) is 13.6. The molecule has 0 aliphatic heterocycles. The average Bonchev–Trinajstić information content (AvgIpc) is 2.65. The zero-order valence-electron chi connectivity index (χ0n) is 10.1. The van der Waals surface area contributed by atoms with Gasteiger partial charge in [0.15, 0.2) is 5.82 Å². The summed E-state index contributed by atoms with van der Waals surface area (Å²) in [6.07, 6.45) is 4.24. The number of rotatable bonds is 6. The molecule has 6 heteroatoms. The van der Waals surface area contributed by atoms with Gasteiger partial charge in [-0.1, -0.05) is 26.1 Å². The first-order valence-electron chi connectivity index (χ1n) is 5.58. The van der Waals surface area contributed by atoms with Crippen LogP contribution in [0.15, 0.2) is 12.4 Å². The molecular weight excluding hydrogens is 236 g/mol. The van der Waals surface area contributed by atoms with Gasteiger partial charge in [0.2, 0.25) is 5.91 Å². The molecule has 0 saturated heterocycles. The maximum atomic E-state index is 11.6. The second-order valence-electron chi connectivity index (χ2n) is 4.28. The third-order valence-electron chi connectivity index (χ3n) is 2.29. The van der Waals surface area contributed by atoms with Crippen molar-refractivity contribution in [2.24, 2.45) is 11.7 Å². The van der Waals surface area contributed by atoms with Crippen molar-refractivity contribution in [1.82, 2.24) is 14.9 Å². The van der Waals surface area contributed by atoms with E-state index in [0.717, 1.165) is 6.42 Å². The molecule has 1 aromatic heterocycles. The Labute approximate surface area is 106 Å². The van der Waals surface area contributed by atoms with Crippen molar-refractivity contribution >= 4 is 23.1 Å². The van der Waals surface area contributed by atoms with E-state index in [4.69, 9.17) is 18.0 Å². The number of nitrogens with one attached hydrogen (secondary N) is 1. The van der Waals surface area contributed by atoms with Crippen molar-refractivity contribution in [3.05, 3.63) is 18.2 Å². The summed E-state index contributed by atoms with van der Waals surface area (Å²) in [5, 5.41) is 2.85. The Morgan fingerprint density at radius 2 is 2.35 bits per heavy atom. The van der Waals surface area contributed by atoms with Crippen molar-refractivity contribution in [2.45, 2.75) is 26.8 Å². The fourth-order valence-electron chi connectivity index (χ4n) is 1.37. The van der Waals surface area contributed by atoms with E-state index in [0.29, 0.717) is 18.3 Å². The predicted molar refractivity (Wildman–Crippen MR) is 70.6 cm³/mol. The molecule has 0 spiro atoms. The van der Waals surface area contributed by atoms with Gasteiger partial charge in [0.1, 0.15) is 11.5 Å². The van der Waals surface area contributed by atoms with Crippen LogP contribution in [0.3, 0.4) is 0 Å². The van der Waals surface area contributed by atoms with E-state index < -0.39 is 0 Å². The van der Waals surface area contributed by atoms with E-state index >= 15 is 0 Å². The summed E-state index contributed by atoms with van der Waals surface area (Å²) in [7, 11) is 0. The number of hydrogen-bond acceptors (Lipinski definition) is 3. The van der Waals surface area contributed by atoms with Gasteiger partial charge in [-0.15, -0.1) is 0 Å². The maximum absolute atomic E-state index is 11.6. The lowest BCUT2D eigenvalue weighted by atomic mass is 10.1. The highest BCUT2D eigenvalue weighted by atomic mass is 32.1. The molecule has 0 atom stereocenters. The second-order valence-corrected chi connectivity index (χ2v) is 4.72. The van der Waals surface area contributed by atoms with E-state index in [-0.39, 0.29) is 17.4 Å². The summed E-state index contributed by atoms with van der Waals surface area (Å²) in [5.41, 5.74) is 5.49. The number of amides is 1. The van der Waals surface area contributed by atoms with Crippen LogP contribution in [-0.4, -0.2) is 27.0 Å². The molecule has 1 aromatic rings. The average molecular weight is 254 g/mol. The Bertz CT molecular complexity index is 400. The lowest BCUT2D eigenvalue weighted by Crippen LogP contribution is -2.30. The van der Waals surface area contributed by atoms with E-state index in [2.05, 4.69) is 24.1 Å². The molecule has 0 radical (unpaired) electrons. The number of imidazole rings is 1. The molecule has 17 heavy (non-hydrogen) atoms.